The molecule has 130 valence electrons. The van der Waals surface area contributed by atoms with Crippen LogP contribution in [0, 0.1) is 0 Å². The van der Waals surface area contributed by atoms with E-state index >= 15 is 0 Å². The molecule has 0 bridgehead atoms. The molecule has 1 saturated carbocycles. The van der Waals surface area contributed by atoms with E-state index in [1.54, 1.807) is 0 Å². The topological polar surface area (TPSA) is 99.8 Å². The van der Waals surface area contributed by atoms with Gasteiger partial charge in [0, 0.05) is 35.4 Å². The Balaban J connectivity index is 1.91. The van der Waals surface area contributed by atoms with Crippen molar-refractivity contribution in [1.29, 1.82) is 0 Å². The van der Waals surface area contributed by atoms with Gasteiger partial charge in [-0.2, -0.15) is 0 Å². The average molecular weight is 357 g/mol. The predicted molar refractivity (Wildman–Crippen MR) is 94.8 cm³/mol. The molecule has 7 nitrogen and oxygen atoms in total. The molecule has 1 fully saturated rings. The van der Waals surface area contributed by atoms with Gasteiger partial charge < -0.3 is 14.8 Å². The molecule has 3 aromatic rings. The number of anilines is 1. The molecule has 1 atom stereocenters. The highest BCUT2D eigenvalue weighted by Crippen LogP contribution is 2.48. The standard InChI is InChI=1S/C17H19N5O2S/c1-8(2)22-10-5-6-25(23)15-13(21-24-14(15)9-3-4-9)11(10)12-16(18)19-7-20-17(12)22/h7-9H,3-6H2,1-2H3,(H2,18,19,20). The maximum Gasteiger partial charge on any atom is 0.156 e. The third-order valence-electron chi connectivity index (χ3n) is 5.04. The molecule has 5 rings (SSSR count). The summed E-state index contributed by atoms with van der Waals surface area (Å²) in [7, 11) is -1.12. The van der Waals surface area contributed by atoms with E-state index in [2.05, 4.69) is 33.5 Å². The largest absolute Gasteiger partial charge is 0.383 e. The number of hydrogen-bond donors (Lipinski definition) is 1. The van der Waals surface area contributed by atoms with Crippen molar-refractivity contribution in [2.45, 2.75) is 50.0 Å². The number of hydrogen-bond acceptors (Lipinski definition) is 6. The Morgan fingerprint density at radius 1 is 1.36 bits per heavy atom. The number of fused-ring (bicyclic) bond motifs is 5. The molecule has 1 aliphatic heterocycles. The third-order valence-corrected chi connectivity index (χ3v) is 6.47. The van der Waals surface area contributed by atoms with E-state index in [0.717, 1.165) is 45.8 Å². The van der Waals surface area contributed by atoms with Crippen LogP contribution in [0.1, 0.15) is 50.1 Å². The molecule has 0 aromatic carbocycles. The van der Waals surface area contributed by atoms with Gasteiger partial charge in [0.05, 0.1) is 16.2 Å². The minimum absolute atomic E-state index is 0.199. The summed E-state index contributed by atoms with van der Waals surface area (Å²) in [5.74, 6) is 2.13. The summed E-state index contributed by atoms with van der Waals surface area (Å²) in [5, 5.41) is 5.13. The normalized spacial score (nSPS) is 19.9. The molecular formula is C17H19N5O2S. The van der Waals surface area contributed by atoms with Gasteiger partial charge in [0.2, 0.25) is 0 Å². The number of nitrogens with two attached hydrogens (primary N) is 1. The van der Waals surface area contributed by atoms with Crippen LogP contribution in [0.4, 0.5) is 5.82 Å². The van der Waals surface area contributed by atoms with Crippen LogP contribution in [-0.2, 0) is 17.2 Å². The van der Waals surface area contributed by atoms with Gasteiger partial charge in [-0.25, -0.2) is 9.97 Å². The smallest absolute Gasteiger partial charge is 0.156 e. The van der Waals surface area contributed by atoms with Crippen LogP contribution in [-0.4, -0.2) is 29.7 Å². The fraction of sp³-hybridized carbons (Fsp3) is 0.471. The second-order valence-electron chi connectivity index (χ2n) is 7.04. The zero-order valence-electron chi connectivity index (χ0n) is 14.2. The van der Waals surface area contributed by atoms with E-state index in [4.69, 9.17) is 10.3 Å². The monoisotopic (exact) mass is 357 g/mol. The van der Waals surface area contributed by atoms with Crippen LogP contribution in [0.3, 0.4) is 0 Å². The molecule has 8 heteroatoms. The lowest BCUT2D eigenvalue weighted by Crippen LogP contribution is -2.09. The molecule has 2 N–H and O–H groups in total. The maximum absolute atomic E-state index is 12.9. The summed E-state index contributed by atoms with van der Waals surface area (Å²) in [4.78, 5) is 9.42. The summed E-state index contributed by atoms with van der Waals surface area (Å²) in [6.07, 6.45) is 4.33. The molecule has 0 radical (unpaired) electrons. The Kier molecular flexibility index (Phi) is 3.10. The lowest BCUT2D eigenvalue weighted by molar-refractivity contribution is 0.382. The second kappa shape index (κ2) is 5.14. The fourth-order valence-corrected chi connectivity index (χ4v) is 5.20. The molecule has 0 spiro atoms. The van der Waals surface area contributed by atoms with Crippen LogP contribution in [0.15, 0.2) is 15.7 Å². The molecule has 0 saturated heterocycles. The van der Waals surface area contributed by atoms with Crippen molar-refractivity contribution in [2.75, 3.05) is 11.5 Å². The molecule has 1 unspecified atom stereocenters. The molecule has 2 aliphatic rings. The molecule has 4 heterocycles. The average Bonchev–Trinajstić information content (AvgIpc) is 3.26. The maximum atomic E-state index is 12.9. The van der Waals surface area contributed by atoms with Gasteiger partial charge in [-0.3, -0.25) is 4.21 Å². The third kappa shape index (κ3) is 2.03. The van der Waals surface area contributed by atoms with Gasteiger partial charge in [0.15, 0.2) is 5.76 Å². The van der Waals surface area contributed by atoms with Gasteiger partial charge >= 0.3 is 0 Å². The molecule has 25 heavy (non-hydrogen) atoms. The first-order valence-electron chi connectivity index (χ1n) is 8.59. The van der Waals surface area contributed by atoms with E-state index in [9.17, 15) is 4.21 Å². The van der Waals surface area contributed by atoms with Crippen LogP contribution in [0.25, 0.3) is 22.3 Å². The molecular weight excluding hydrogens is 338 g/mol. The number of rotatable bonds is 2. The summed E-state index contributed by atoms with van der Waals surface area (Å²) in [6, 6.07) is 0.199. The van der Waals surface area contributed by atoms with Gasteiger partial charge in [0.25, 0.3) is 0 Å². The van der Waals surface area contributed by atoms with E-state index in [0.29, 0.717) is 29.6 Å². The Bertz CT molecular complexity index is 1030. The van der Waals surface area contributed by atoms with Gasteiger partial charge in [-0.15, -0.1) is 0 Å². The van der Waals surface area contributed by atoms with Crippen molar-refractivity contribution < 1.29 is 8.73 Å². The summed E-state index contributed by atoms with van der Waals surface area (Å²) in [6.45, 7) is 4.22. The number of nitrogens with zero attached hydrogens (tertiary/aromatic N) is 4. The highest BCUT2D eigenvalue weighted by atomic mass is 32.2. The van der Waals surface area contributed by atoms with Crippen LogP contribution >= 0.6 is 0 Å². The van der Waals surface area contributed by atoms with Gasteiger partial charge in [-0.05, 0) is 26.7 Å². The van der Waals surface area contributed by atoms with Crippen LogP contribution < -0.4 is 5.73 Å². The zero-order valence-corrected chi connectivity index (χ0v) is 15.0. The lowest BCUT2D eigenvalue weighted by Gasteiger charge is -2.13. The first kappa shape index (κ1) is 15.1. The number of nitrogen functional groups attached to an aromatic ring is 1. The van der Waals surface area contributed by atoms with Crippen molar-refractivity contribution in [3.05, 3.63) is 17.8 Å². The summed E-state index contributed by atoms with van der Waals surface area (Å²) < 4.78 is 20.7. The molecule has 3 aromatic heterocycles. The minimum Gasteiger partial charge on any atom is -0.383 e. The summed E-state index contributed by atoms with van der Waals surface area (Å²) >= 11 is 0. The summed E-state index contributed by atoms with van der Waals surface area (Å²) in [5.41, 5.74) is 9.66. The van der Waals surface area contributed by atoms with Crippen molar-refractivity contribution in [3.63, 3.8) is 0 Å². The van der Waals surface area contributed by atoms with Gasteiger partial charge in [-0.1, -0.05) is 5.16 Å². The molecule has 0 amide bonds. The van der Waals surface area contributed by atoms with Gasteiger partial charge in [0.1, 0.15) is 28.4 Å². The Morgan fingerprint density at radius 3 is 2.88 bits per heavy atom. The first-order chi connectivity index (χ1) is 12.1. The van der Waals surface area contributed by atoms with E-state index < -0.39 is 10.8 Å². The first-order valence-corrected chi connectivity index (χ1v) is 9.91. The predicted octanol–water partition coefficient (Wildman–Crippen LogP) is 2.79. The van der Waals surface area contributed by atoms with Crippen molar-refractivity contribution in [1.82, 2.24) is 19.7 Å². The molecule has 1 aliphatic carbocycles. The van der Waals surface area contributed by atoms with Crippen LogP contribution in [0.2, 0.25) is 0 Å². The van der Waals surface area contributed by atoms with Crippen LogP contribution in [0.5, 0.6) is 0 Å². The van der Waals surface area contributed by atoms with Crippen molar-refractivity contribution >= 4 is 27.7 Å². The quantitative estimate of drug-likeness (QED) is 0.757. The van der Waals surface area contributed by atoms with Crippen molar-refractivity contribution in [2.24, 2.45) is 0 Å². The van der Waals surface area contributed by atoms with E-state index in [-0.39, 0.29) is 6.04 Å². The van der Waals surface area contributed by atoms with Crippen molar-refractivity contribution in [3.8, 4) is 11.3 Å². The zero-order chi connectivity index (χ0) is 17.3. The second-order valence-corrected chi connectivity index (χ2v) is 8.55. The lowest BCUT2D eigenvalue weighted by atomic mass is 10.1. The minimum atomic E-state index is -1.12. The van der Waals surface area contributed by atoms with E-state index in [1.165, 1.54) is 6.33 Å². The Hall–Kier alpha value is -2.22. The van der Waals surface area contributed by atoms with E-state index in [1.807, 2.05) is 0 Å². The Labute approximate surface area is 147 Å². The highest BCUT2D eigenvalue weighted by molar-refractivity contribution is 7.85. The fourth-order valence-electron chi connectivity index (χ4n) is 3.83. The SMILES string of the molecule is CC(C)n1c2c(c3c(N)ncnc31)-c1noc(C3CC3)c1S(=O)CC2. The highest BCUT2D eigenvalue weighted by Gasteiger charge is 2.38. The Morgan fingerprint density at radius 2 is 2.16 bits per heavy atom. The number of aromatic nitrogens is 4.